The highest BCUT2D eigenvalue weighted by atomic mass is 14.1. The summed E-state index contributed by atoms with van der Waals surface area (Å²) < 4.78 is 0. The first-order valence-corrected chi connectivity index (χ1v) is 9.05. The Bertz CT molecular complexity index is 548. The van der Waals surface area contributed by atoms with Crippen LogP contribution in [-0.2, 0) is 6.42 Å². The largest absolute Gasteiger partial charge is 0.0683 e. The molecule has 0 radical (unpaired) electrons. The molecule has 0 saturated heterocycles. The molecule has 0 aliphatic carbocycles. The SMILES string of the molecule is CC.CC.CC.CCc1c(C)c(C)c2ccc(C)cc2c1C. The lowest BCUT2D eigenvalue weighted by Crippen LogP contribution is -1.97. The first-order valence-electron chi connectivity index (χ1n) is 9.05. The fourth-order valence-corrected chi connectivity index (χ4v) is 2.70. The van der Waals surface area contributed by atoms with Crippen molar-refractivity contribution >= 4 is 10.8 Å². The van der Waals surface area contributed by atoms with Crippen LogP contribution in [0, 0.1) is 27.7 Å². The molecule has 0 fully saturated rings. The van der Waals surface area contributed by atoms with E-state index in [0.717, 1.165) is 6.42 Å². The second-order valence-electron chi connectivity index (χ2n) is 4.76. The van der Waals surface area contributed by atoms with E-state index in [2.05, 4.69) is 52.8 Å². The van der Waals surface area contributed by atoms with Crippen molar-refractivity contribution in [1.29, 1.82) is 0 Å². The van der Waals surface area contributed by atoms with Crippen LogP contribution in [-0.4, -0.2) is 0 Å². The molecule has 0 amide bonds. The third kappa shape index (κ3) is 5.16. The average Bonchev–Trinajstić information content (AvgIpc) is 2.59. The maximum atomic E-state index is 2.32. The van der Waals surface area contributed by atoms with Crippen LogP contribution in [0.25, 0.3) is 10.8 Å². The Morgan fingerprint density at radius 3 is 1.59 bits per heavy atom. The van der Waals surface area contributed by atoms with E-state index in [-0.39, 0.29) is 0 Å². The van der Waals surface area contributed by atoms with Crippen molar-refractivity contribution in [3.63, 3.8) is 0 Å². The molecule has 0 saturated carbocycles. The molecule has 0 unspecified atom stereocenters. The summed E-state index contributed by atoms with van der Waals surface area (Å²) in [7, 11) is 0. The molecular formula is C22H38. The summed E-state index contributed by atoms with van der Waals surface area (Å²) in [5, 5.41) is 2.85. The highest BCUT2D eigenvalue weighted by Gasteiger charge is 2.10. The van der Waals surface area contributed by atoms with Gasteiger partial charge in [0.25, 0.3) is 0 Å². The topological polar surface area (TPSA) is 0 Å². The number of aryl methyl sites for hydroxylation is 3. The highest BCUT2D eigenvalue weighted by molar-refractivity contribution is 5.91. The molecule has 0 bridgehead atoms. The van der Waals surface area contributed by atoms with Gasteiger partial charge in [-0.25, -0.2) is 0 Å². The van der Waals surface area contributed by atoms with Crippen LogP contribution in [0.2, 0.25) is 0 Å². The van der Waals surface area contributed by atoms with Gasteiger partial charge in [-0.05, 0) is 67.1 Å². The number of rotatable bonds is 1. The normalized spacial score (nSPS) is 8.86. The van der Waals surface area contributed by atoms with Gasteiger partial charge in [0.05, 0.1) is 0 Å². The molecular weight excluding hydrogens is 264 g/mol. The molecule has 2 aromatic carbocycles. The lowest BCUT2D eigenvalue weighted by atomic mass is 9.89. The summed E-state index contributed by atoms with van der Waals surface area (Å²) in [5.74, 6) is 0. The van der Waals surface area contributed by atoms with E-state index in [1.54, 1.807) is 0 Å². The van der Waals surface area contributed by atoms with Crippen molar-refractivity contribution in [2.24, 2.45) is 0 Å². The molecule has 0 heterocycles. The molecule has 2 aromatic rings. The fourth-order valence-electron chi connectivity index (χ4n) is 2.70. The van der Waals surface area contributed by atoms with Crippen LogP contribution in [0.15, 0.2) is 18.2 Å². The minimum absolute atomic E-state index is 1.13. The minimum Gasteiger partial charge on any atom is -0.0683 e. The molecule has 22 heavy (non-hydrogen) atoms. The summed E-state index contributed by atoms with van der Waals surface area (Å²) in [6.45, 7) is 23.2. The van der Waals surface area contributed by atoms with Gasteiger partial charge >= 0.3 is 0 Å². The standard InChI is InChI=1S/C16H20.3C2H6/c1-6-14-11(3)12(4)15-8-7-10(2)9-16(15)13(14)5;3*1-2/h7-9H,6H2,1-5H3;3*1-2H3. The number of hydrogen-bond donors (Lipinski definition) is 0. The van der Waals surface area contributed by atoms with E-state index in [1.807, 2.05) is 41.5 Å². The Balaban J connectivity index is 0. The van der Waals surface area contributed by atoms with Gasteiger partial charge < -0.3 is 0 Å². The van der Waals surface area contributed by atoms with E-state index in [1.165, 1.54) is 38.6 Å². The summed E-state index contributed by atoms with van der Waals surface area (Å²) in [6, 6.07) is 6.79. The Hall–Kier alpha value is -1.30. The van der Waals surface area contributed by atoms with Crippen LogP contribution in [0.1, 0.15) is 76.3 Å². The molecule has 0 aliphatic rings. The average molecular weight is 303 g/mol. The van der Waals surface area contributed by atoms with Crippen LogP contribution in [0.4, 0.5) is 0 Å². The molecule has 0 N–H and O–H groups in total. The highest BCUT2D eigenvalue weighted by Crippen LogP contribution is 2.30. The van der Waals surface area contributed by atoms with Gasteiger partial charge in [-0.1, -0.05) is 72.2 Å². The second-order valence-corrected chi connectivity index (χ2v) is 4.76. The van der Waals surface area contributed by atoms with E-state index >= 15 is 0 Å². The van der Waals surface area contributed by atoms with Crippen molar-refractivity contribution in [3.05, 3.63) is 46.0 Å². The molecule has 0 atom stereocenters. The van der Waals surface area contributed by atoms with Gasteiger partial charge in [-0.15, -0.1) is 0 Å². The predicted octanol–water partition coefficient (Wildman–Crippen LogP) is 7.71. The maximum absolute atomic E-state index is 2.32. The third-order valence-electron chi connectivity index (χ3n) is 3.80. The maximum Gasteiger partial charge on any atom is -0.0146 e. The van der Waals surface area contributed by atoms with Crippen molar-refractivity contribution in [2.45, 2.75) is 82.6 Å². The first kappa shape index (κ1) is 23.0. The second kappa shape index (κ2) is 12.3. The van der Waals surface area contributed by atoms with E-state index in [0.29, 0.717) is 0 Å². The van der Waals surface area contributed by atoms with Gasteiger partial charge in [0.15, 0.2) is 0 Å². The van der Waals surface area contributed by atoms with Crippen LogP contribution in [0.3, 0.4) is 0 Å². The predicted molar refractivity (Wildman–Crippen MR) is 106 cm³/mol. The van der Waals surface area contributed by atoms with Crippen molar-refractivity contribution in [2.75, 3.05) is 0 Å². The third-order valence-corrected chi connectivity index (χ3v) is 3.80. The number of fused-ring (bicyclic) bond motifs is 1. The van der Waals surface area contributed by atoms with Gasteiger partial charge in [-0.2, -0.15) is 0 Å². The lowest BCUT2D eigenvalue weighted by Gasteiger charge is -2.16. The van der Waals surface area contributed by atoms with Gasteiger partial charge in [0, 0.05) is 0 Å². The quantitative estimate of drug-likeness (QED) is 0.506. The van der Waals surface area contributed by atoms with Crippen LogP contribution < -0.4 is 0 Å². The lowest BCUT2D eigenvalue weighted by molar-refractivity contribution is 1.08. The van der Waals surface area contributed by atoms with Gasteiger partial charge in [0.2, 0.25) is 0 Å². The fraction of sp³-hybridized carbons (Fsp3) is 0.545. The first-order chi connectivity index (χ1) is 10.6. The summed E-state index contributed by atoms with van der Waals surface area (Å²) in [4.78, 5) is 0. The molecule has 0 aromatic heterocycles. The minimum atomic E-state index is 1.13. The van der Waals surface area contributed by atoms with Gasteiger partial charge in [-0.3, -0.25) is 0 Å². The zero-order valence-corrected chi connectivity index (χ0v) is 16.9. The Morgan fingerprint density at radius 2 is 1.14 bits per heavy atom. The van der Waals surface area contributed by atoms with Crippen LogP contribution >= 0.6 is 0 Å². The molecule has 2 rings (SSSR count). The summed E-state index contributed by atoms with van der Waals surface area (Å²) in [6.07, 6.45) is 1.13. The zero-order chi connectivity index (χ0) is 17.9. The smallest absolute Gasteiger partial charge is 0.0146 e. The van der Waals surface area contributed by atoms with E-state index < -0.39 is 0 Å². The number of hydrogen-bond acceptors (Lipinski definition) is 0. The molecule has 0 heteroatoms. The van der Waals surface area contributed by atoms with Gasteiger partial charge in [0.1, 0.15) is 0 Å². The van der Waals surface area contributed by atoms with Crippen LogP contribution in [0.5, 0.6) is 0 Å². The molecule has 0 aliphatic heterocycles. The Labute approximate surface area is 140 Å². The molecule has 0 nitrogen and oxygen atoms in total. The summed E-state index contributed by atoms with van der Waals surface area (Å²) >= 11 is 0. The zero-order valence-electron chi connectivity index (χ0n) is 16.9. The van der Waals surface area contributed by atoms with E-state index in [4.69, 9.17) is 0 Å². The van der Waals surface area contributed by atoms with Crippen molar-refractivity contribution < 1.29 is 0 Å². The molecule has 126 valence electrons. The molecule has 0 spiro atoms. The van der Waals surface area contributed by atoms with E-state index in [9.17, 15) is 0 Å². The van der Waals surface area contributed by atoms with Crippen molar-refractivity contribution in [3.8, 4) is 0 Å². The Kier molecular flexibility index (Phi) is 12.8. The summed E-state index contributed by atoms with van der Waals surface area (Å²) in [5.41, 5.74) is 7.25. The van der Waals surface area contributed by atoms with Crippen molar-refractivity contribution in [1.82, 2.24) is 0 Å². The monoisotopic (exact) mass is 302 g/mol. The number of benzene rings is 2. The Morgan fingerprint density at radius 1 is 0.636 bits per heavy atom.